The van der Waals surface area contributed by atoms with Gasteiger partial charge in [0, 0.05) is 43.5 Å². The summed E-state index contributed by atoms with van der Waals surface area (Å²) in [5.74, 6) is 0.585. The van der Waals surface area contributed by atoms with Crippen LogP contribution in [0, 0.1) is 6.92 Å². The molecule has 7 heteroatoms. The van der Waals surface area contributed by atoms with Gasteiger partial charge >= 0.3 is 0 Å². The van der Waals surface area contributed by atoms with Crippen molar-refractivity contribution in [3.63, 3.8) is 0 Å². The Kier molecular flexibility index (Phi) is 7.35. The molecule has 2 amide bonds. The molecule has 1 aromatic carbocycles. The number of nitrogens with zero attached hydrogens (tertiary/aromatic N) is 4. The van der Waals surface area contributed by atoms with E-state index in [0.717, 1.165) is 63.9 Å². The van der Waals surface area contributed by atoms with Gasteiger partial charge in [-0.3, -0.25) is 9.59 Å². The molecule has 4 rings (SSSR count). The van der Waals surface area contributed by atoms with Crippen molar-refractivity contribution in [2.24, 2.45) is 0 Å². The van der Waals surface area contributed by atoms with Crippen LogP contribution in [0.4, 0.5) is 5.95 Å². The molecule has 170 valence electrons. The van der Waals surface area contributed by atoms with Crippen molar-refractivity contribution < 1.29 is 9.59 Å². The van der Waals surface area contributed by atoms with Crippen molar-refractivity contribution in [3.8, 4) is 0 Å². The summed E-state index contributed by atoms with van der Waals surface area (Å²) in [5.41, 5.74) is 1.97. The number of aryl methyl sites for hydroxylation is 1. The molecule has 1 atom stereocenters. The highest BCUT2D eigenvalue weighted by Gasteiger charge is 2.29. The van der Waals surface area contributed by atoms with Gasteiger partial charge in [0.25, 0.3) is 11.8 Å². The van der Waals surface area contributed by atoms with Crippen molar-refractivity contribution in [3.05, 3.63) is 53.3 Å². The van der Waals surface area contributed by atoms with Crippen LogP contribution in [0.1, 0.15) is 71.5 Å². The first-order valence-electron chi connectivity index (χ1n) is 11.9. The third-order valence-electron chi connectivity index (χ3n) is 6.39. The molecule has 2 aliphatic heterocycles. The van der Waals surface area contributed by atoms with E-state index in [9.17, 15) is 9.59 Å². The highest BCUT2D eigenvalue weighted by molar-refractivity contribution is 5.94. The highest BCUT2D eigenvalue weighted by atomic mass is 16.2. The first kappa shape index (κ1) is 22.2. The van der Waals surface area contributed by atoms with E-state index in [4.69, 9.17) is 0 Å². The summed E-state index contributed by atoms with van der Waals surface area (Å²) in [5, 5.41) is 3.00. The summed E-state index contributed by atoms with van der Waals surface area (Å²) in [6.07, 6.45) is 7.32. The first-order chi connectivity index (χ1) is 15.6. The lowest BCUT2D eigenvalue weighted by molar-refractivity contribution is 0.0595. The van der Waals surface area contributed by atoms with Gasteiger partial charge in [0.1, 0.15) is 5.69 Å². The van der Waals surface area contributed by atoms with Gasteiger partial charge in [-0.2, -0.15) is 0 Å². The van der Waals surface area contributed by atoms with Gasteiger partial charge in [-0.15, -0.1) is 0 Å². The number of carbonyl (C=O) groups excluding carboxylic acids is 2. The van der Waals surface area contributed by atoms with Crippen molar-refractivity contribution >= 4 is 17.8 Å². The zero-order valence-corrected chi connectivity index (χ0v) is 18.9. The van der Waals surface area contributed by atoms with Crippen molar-refractivity contribution in [2.75, 3.05) is 31.1 Å². The number of nitrogens with one attached hydrogen (secondary N) is 1. The molecular weight excluding hydrogens is 402 g/mol. The molecule has 32 heavy (non-hydrogen) atoms. The molecule has 3 heterocycles. The van der Waals surface area contributed by atoms with Crippen LogP contribution < -0.4 is 10.2 Å². The van der Waals surface area contributed by atoms with Crippen molar-refractivity contribution in [1.82, 2.24) is 20.2 Å². The van der Waals surface area contributed by atoms with E-state index in [0.29, 0.717) is 23.8 Å². The number of hydrogen-bond acceptors (Lipinski definition) is 5. The third-order valence-corrected chi connectivity index (χ3v) is 6.39. The van der Waals surface area contributed by atoms with E-state index in [1.807, 2.05) is 42.2 Å². The Bertz CT molecular complexity index is 927. The standard InChI is InChI=1S/C25H33N5O2/c1-19-18-22(28-25(27-19)29-15-7-3-8-16-29)24(32)30-17-9-6-12-21(30)13-14-26-23(31)20-10-4-2-5-11-20/h2,4-5,10-11,18,21H,3,6-9,12-17H2,1H3,(H,26,31)/t21-/m1/s1. The number of amides is 2. The van der Waals surface area contributed by atoms with Gasteiger partial charge in [-0.05, 0) is 70.1 Å². The van der Waals surface area contributed by atoms with Crippen LogP contribution in [-0.4, -0.2) is 58.9 Å². The van der Waals surface area contributed by atoms with Crippen LogP contribution in [0.3, 0.4) is 0 Å². The average molecular weight is 436 g/mol. The van der Waals surface area contributed by atoms with Crippen molar-refractivity contribution in [2.45, 2.75) is 57.9 Å². The largest absolute Gasteiger partial charge is 0.352 e. The molecule has 2 aromatic rings. The van der Waals surface area contributed by atoms with E-state index in [1.165, 1.54) is 6.42 Å². The molecule has 0 spiro atoms. The smallest absolute Gasteiger partial charge is 0.272 e. The lowest BCUT2D eigenvalue weighted by Gasteiger charge is -2.36. The lowest BCUT2D eigenvalue weighted by Crippen LogP contribution is -2.45. The summed E-state index contributed by atoms with van der Waals surface area (Å²) >= 11 is 0. The van der Waals surface area contributed by atoms with E-state index in [1.54, 1.807) is 6.07 Å². The van der Waals surface area contributed by atoms with Crippen molar-refractivity contribution in [1.29, 1.82) is 0 Å². The zero-order valence-electron chi connectivity index (χ0n) is 18.9. The summed E-state index contributed by atoms with van der Waals surface area (Å²) in [6, 6.07) is 11.1. The maximum atomic E-state index is 13.4. The number of carbonyl (C=O) groups is 2. The van der Waals surface area contributed by atoms with Crippen LogP contribution >= 0.6 is 0 Å². The number of benzene rings is 1. The van der Waals surface area contributed by atoms with Crippen LogP contribution in [-0.2, 0) is 0 Å². The molecule has 2 aliphatic rings. The van der Waals surface area contributed by atoms with Crippen LogP contribution in [0.25, 0.3) is 0 Å². The molecule has 2 fully saturated rings. The topological polar surface area (TPSA) is 78.4 Å². The predicted octanol–water partition coefficient (Wildman–Crippen LogP) is 3.59. The Hall–Kier alpha value is -2.96. The minimum Gasteiger partial charge on any atom is -0.352 e. The molecule has 2 saturated heterocycles. The number of rotatable bonds is 6. The molecule has 1 N–H and O–H groups in total. The van der Waals surface area contributed by atoms with Crippen LogP contribution in [0.5, 0.6) is 0 Å². The Balaban J connectivity index is 1.41. The number of piperidine rings is 2. The van der Waals surface area contributed by atoms with E-state index in [-0.39, 0.29) is 17.9 Å². The predicted molar refractivity (Wildman–Crippen MR) is 125 cm³/mol. The van der Waals surface area contributed by atoms with Crippen LogP contribution in [0.2, 0.25) is 0 Å². The quantitative estimate of drug-likeness (QED) is 0.750. The van der Waals surface area contributed by atoms with Gasteiger partial charge in [0.15, 0.2) is 0 Å². The zero-order chi connectivity index (χ0) is 22.3. The number of likely N-dealkylation sites (tertiary alicyclic amines) is 1. The second-order valence-electron chi connectivity index (χ2n) is 8.80. The van der Waals surface area contributed by atoms with Gasteiger partial charge in [-0.25, -0.2) is 9.97 Å². The van der Waals surface area contributed by atoms with E-state index in [2.05, 4.69) is 20.2 Å². The molecule has 0 unspecified atom stereocenters. The number of hydrogen-bond donors (Lipinski definition) is 1. The number of aromatic nitrogens is 2. The molecule has 0 aliphatic carbocycles. The highest BCUT2D eigenvalue weighted by Crippen LogP contribution is 2.23. The third kappa shape index (κ3) is 5.44. The first-order valence-corrected chi connectivity index (χ1v) is 11.9. The van der Waals surface area contributed by atoms with E-state index >= 15 is 0 Å². The fourth-order valence-electron chi connectivity index (χ4n) is 4.66. The minimum atomic E-state index is -0.0723. The SMILES string of the molecule is Cc1cc(C(=O)N2CCCC[C@@H]2CCNC(=O)c2ccccc2)nc(N2CCCCC2)n1. The maximum absolute atomic E-state index is 13.4. The second kappa shape index (κ2) is 10.6. The fourth-order valence-corrected chi connectivity index (χ4v) is 4.66. The molecule has 0 bridgehead atoms. The lowest BCUT2D eigenvalue weighted by atomic mass is 9.98. The fraction of sp³-hybridized carbons (Fsp3) is 0.520. The maximum Gasteiger partial charge on any atom is 0.272 e. The Morgan fingerprint density at radius 1 is 1.00 bits per heavy atom. The molecule has 0 saturated carbocycles. The van der Waals surface area contributed by atoms with Gasteiger partial charge in [0.2, 0.25) is 5.95 Å². The summed E-state index contributed by atoms with van der Waals surface area (Å²) in [6.45, 7) is 5.11. The Labute approximate surface area is 190 Å². The summed E-state index contributed by atoms with van der Waals surface area (Å²) < 4.78 is 0. The second-order valence-corrected chi connectivity index (χ2v) is 8.80. The van der Waals surface area contributed by atoms with E-state index < -0.39 is 0 Å². The monoisotopic (exact) mass is 435 g/mol. The summed E-state index contributed by atoms with van der Waals surface area (Å²) in [4.78, 5) is 39.2. The normalized spacial score (nSPS) is 19.0. The van der Waals surface area contributed by atoms with Gasteiger partial charge in [-0.1, -0.05) is 18.2 Å². The molecular formula is C25H33N5O2. The average Bonchev–Trinajstić information content (AvgIpc) is 2.84. The van der Waals surface area contributed by atoms with Crippen LogP contribution in [0.15, 0.2) is 36.4 Å². The number of anilines is 1. The summed E-state index contributed by atoms with van der Waals surface area (Å²) in [7, 11) is 0. The molecule has 0 radical (unpaired) electrons. The Morgan fingerprint density at radius 3 is 2.53 bits per heavy atom. The molecule has 1 aromatic heterocycles. The minimum absolute atomic E-state index is 0.0205. The molecule has 7 nitrogen and oxygen atoms in total. The Morgan fingerprint density at radius 2 is 1.75 bits per heavy atom. The van der Waals surface area contributed by atoms with Gasteiger partial charge in [0.05, 0.1) is 0 Å². The van der Waals surface area contributed by atoms with Gasteiger partial charge < -0.3 is 15.1 Å².